The van der Waals surface area contributed by atoms with Crippen molar-refractivity contribution in [3.63, 3.8) is 0 Å². The summed E-state index contributed by atoms with van der Waals surface area (Å²) in [5.41, 5.74) is 0. The summed E-state index contributed by atoms with van der Waals surface area (Å²) in [4.78, 5) is 24.7. The second kappa shape index (κ2) is 27.8. The average Bonchev–Trinajstić information content (AvgIpc) is 3.03. The smallest absolute Gasteiger partial charge is 0.306 e. The number of esters is 2. The zero-order valence-electron chi connectivity index (χ0n) is 28.4. The van der Waals surface area contributed by atoms with Gasteiger partial charge in [-0.05, 0) is 12.8 Å². The van der Waals surface area contributed by atoms with Crippen LogP contribution in [-0.2, 0) is 28.5 Å². The lowest BCUT2D eigenvalue weighted by molar-refractivity contribution is -0.305. The van der Waals surface area contributed by atoms with Crippen molar-refractivity contribution < 1.29 is 49.0 Å². The van der Waals surface area contributed by atoms with Gasteiger partial charge in [-0.3, -0.25) is 9.59 Å². The van der Waals surface area contributed by atoms with E-state index >= 15 is 0 Å². The number of unbranched alkanes of at least 4 members (excludes halogenated alkanes) is 18. The molecule has 1 rings (SSSR count). The molecule has 0 aliphatic carbocycles. The minimum Gasteiger partial charge on any atom is -0.462 e. The Morgan fingerprint density at radius 2 is 1.04 bits per heavy atom. The van der Waals surface area contributed by atoms with Crippen LogP contribution in [-0.4, -0.2) is 89.0 Å². The Bertz CT molecular complexity index is 719. The van der Waals surface area contributed by atoms with E-state index in [1.807, 2.05) is 6.92 Å². The number of rotatable bonds is 29. The van der Waals surface area contributed by atoms with Gasteiger partial charge >= 0.3 is 11.9 Å². The van der Waals surface area contributed by atoms with Crippen LogP contribution in [0.4, 0.5) is 0 Å². The first-order valence-corrected chi connectivity index (χ1v) is 18.1. The topological polar surface area (TPSA) is 152 Å². The summed E-state index contributed by atoms with van der Waals surface area (Å²) in [6.07, 6.45) is 16.4. The molecule has 1 aliphatic rings. The largest absolute Gasteiger partial charge is 0.462 e. The molecule has 45 heavy (non-hydrogen) atoms. The van der Waals surface area contributed by atoms with Crippen molar-refractivity contribution in [2.24, 2.45) is 0 Å². The number of hydrogen-bond acceptors (Lipinski definition) is 10. The monoisotopic (exact) mass is 646 g/mol. The van der Waals surface area contributed by atoms with Gasteiger partial charge in [0.25, 0.3) is 0 Å². The molecule has 0 saturated carbocycles. The van der Waals surface area contributed by atoms with E-state index in [9.17, 15) is 30.0 Å². The second-order valence-corrected chi connectivity index (χ2v) is 12.7. The Balaban J connectivity index is 2.26. The number of carbonyl (C=O) groups is 2. The van der Waals surface area contributed by atoms with Crippen LogP contribution in [0.15, 0.2) is 0 Å². The van der Waals surface area contributed by atoms with Crippen LogP contribution >= 0.6 is 0 Å². The van der Waals surface area contributed by atoms with Crippen molar-refractivity contribution in [1.29, 1.82) is 0 Å². The Morgan fingerprint density at radius 1 is 0.600 bits per heavy atom. The molecule has 1 heterocycles. The lowest BCUT2D eigenvalue weighted by atomic mass is 9.99. The summed E-state index contributed by atoms with van der Waals surface area (Å²) in [5, 5.41) is 39.6. The molecule has 6 atom stereocenters. The zero-order valence-corrected chi connectivity index (χ0v) is 28.4. The van der Waals surface area contributed by atoms with Crippen LogP contribution in [0.25, 0.3) is 0 Å². The maximum absolute atomic E-state index is 12.6. The van der Waals surface area contributed by atoms with Gasteiger partial charge in [0.15, 0.2) is 12.4 Å². The number of carbonyl (C=O) groups excluding carboxylic acids is 2. The SMILES string of the molecule is CCCCCCCCCCCCCCCCCCCC(=O)OC(COC(=O)CCCCC)COC1OC(CO)C(O)C(O)C1O. The lowest BCUT2D eigenvalue weighted by Gasteiger charge is -2.39. The molecule has 6 unspecified atom stereocenters. The van der Waals surface area contributed by atoms with Crippen LogP contribution in [0.5, 0.6) is 0 Å². The minimum absolute atomic E-state index is 0.215. The quantitative estimate of drug-likeness (QED) is 0.0573. The van der Waals surface area contributed by atoms with Gasteiger partial charge in [-0.15, -0.1) is 0 Å². The molecule has 0 bridgehead atoms. The molecule has 4 N–H and O–H groups in total. The molecule has 10 heteroatoms. The highest BCUT2D eigenvalue weighted by atomic mass is 16.7. The normalized spacial score (nSPS) is 22.3. The van der Waals surface area contributed by atoms with E-state index in [2.05, 4.69) is 6.92 Å². The van der Waals surface area contributed by atoms with E-state index in [0.29, 0.717) is 12.8 Å². The summed E-state index contributed by atoms with van der Waals surface area (Å²) < 4.78 is 21.8. The Hall–Kier alpha value is -1.30. The molecule has 0 aromatic carbocycles. The lowest BCUT2D eigenvalue weighted by Crippen LogP contribution is -2.59. The van der Waals surface area contributed by atoms with Gasteiger partial charge in [-0.2, -0.15) is 0 Å². The van der Waals surface area contributed by atoms with Crippen molar-refractivity contribution in [3.05, 3.63) is 0 Å². The van der Waals surface area contributed by atoms with Gasteiger partial charge in [-0.1, -0.05) is 129 Å². The van der Waals surface area contributed by atoms with Gasteiger partial charge in [-0.25, -0.2) is 0 Å². The average molecular weight is 647 g/mol. The molecule has 1 saturated heterocycles. The third kappa shape index (κ3) is 20.5. The Labute approximate surface area is 272 Å². The number of aliphatic hydroxyl groups excluding tert-OH is 4. The summed E-state index contributed by atoms with van der Waals surface area (Å²) >= 11 is 0. The predicted molar refractivity (Wildman–Crippen MR) is 173 cm³/mol. The first-order valence-electron chi connectivity index (χ1n) is 18.1. The van der Waals surface area contributed by atoms with Crippen LogP contribution < -0.4 is 0 Å². The van der Waals surface area contributed by atoms with Crippen molar-refractivity contribution in [2.45, 2.75) is 192 Å². The number of ether oxygens (including phenoxy) is 4. The summed E-state index contributed by atoms with van der Waals surface area (Å²) in [6, 6.07) is 0. The Morgan fingerprint density at radius 3 is 1.56 bits per heavy atom. The molecule has 0 spiro atoms. The van der Waals surface area contributed by atoms with Crippen molar-refractivity contribution in [3.8, 4) is 0 Å². The zero-order chi connectivity index (χ0) is 33.1. The van der Waals surface area contributed by atoms with E-state index in [1.54, 1.807) is 0 Å². The van der Waals surface area contributed by atoms with E-state index in [0.717, 1.165) is 32.1 Å². The molecule has 0 radical (unpaired) electrons. The maximum atomic E-state index is 12.6. The first-order chi connectivity index (χ1) is 21.8. The molecule has 0 amide bonds. The van der Waals surface area contributed by atoms with Gasteiger partial charge in [0.05, 0.1) is 13.2 Å². The van der Waals surface area contributed by atoms with Gasteiger partial charge in [0.2, 0.25) is 0 Å². The highest BCUT2D eigenvalue weighted by Crippen LogP contribution is 2.22. The van der Waals surface area contributed by atoms with Crippen molar-refractivity contribution >= 4 is 11.9 Å². The molecule has 1 aliphatic heterocycles. The van der Waals surface area contributed by atoms with Gasteiger partial charge < -0.3 is 39.4 Å². The molecule has 1 fully saturated rings. The maximum Gasteiger partial charge on any atom is 0.306 e. The molecular weight excluding hydrogens is 580 g/mol. The molecule has 10 nitrogen and oxygen atoms in total. The fraction of sp³-hybridized carbons (Fsp3) is 0.943. The molecule has 0 aromatic rings. The summed E-state index contributed by atoms with van der Waals surface area (Å²) in [7, 11) is 0. The number of aliphatic hydroxyl groups is 4. The fourth-order valence-corrected chi connectivity index (χ4v) is 5.54. The highest BCUT2D eigenvalue weighted by molar-refractivity contribution is 5.70. The summed E-state index contributed by atoms with van der Waals surface area (Å²) in [5.74, 6) is -0.828. The Kier molecular flexibility index (Phi) is 25.8. The van der Waals surface area contributed by atoms with Crippen molar-refractivity contribution in [2.75, 3.05) is 19.8 Å². The van der Waals surface area contributed by atoms with Gasteiger partial charge in [0.1, 0.15) is 31.0 Å². The molecule has 0 aromatic heterocycles. The predicted octanol–water partition coefficient (Wildman–Crippen LogP) is 5.88. The minimum atomic E-state index is -1.59. The standard InChI is InChI=1S/C35H66O10/c1-3-5-7-8-9-10-11-12-13-14-15-16-17-18-19-20-22-24-31(38)44-28(26-42-30(37)23-21-6-4-2)27-43-35-34(41)33(40)32(39)29(25-36)45-35/h28-29,32-36,39-41H,3-27H2,1-2H3. The van der Waals surface area contributed by atoms with Crippen LogP contribution in [0.1, 0.15) is 155 Å². The second-order valence-electron chi connectivity index (χ2n) is 12.7. The highest BCUT2D eigenvalue weighted by Gasteiger charge is 2.44. The van der Waals surface area contributed by atoms with Gasteiger partial charge in [0, 0.05) is 12.8 Å². The van der Waals surface area contributed by atoms with E-state index in [1.165, 1.54) is 83.5 Å². The molecular formula is C35H66O10. The fourth-order valence-electron chi connectivity index (χ4n) is 5.54. The van der Waals surface area contributed by atoms with E-state index in [4.69, 9.17) is 18.9 Å². The van der Waals surface area contributed by atoms with Crippen LogP contribution in [0.3, 0.4) is 0 Å². The third-order valence-corrected chi connectivity index (χ3v) is 8.49. The first kappa shape index (κ1) is 41.7. The van der Waals surface area contributed by atoms with E-state index < -0.39 is 55.4 Å². The third-order valence-electron chi connectivity index (χ3n) is 8.49. The summed E-state index contributed by atoms with van der Waals surface area (Å²) in [6.45, 7) is 3.23. The van der Waals surface area contributed by atoms with Crippen LogP contribution in [0, 0.1) is 0 Å². The van der Waals surface area contributed by atoms with E-state index in [-0.39, 0.29) is 26.1 Å². The van der Waals surface area contributed by atoms with Crippen LogP contribution in [0.2, 0.25) is 0 Å². The van der Waals surface area contributed by atoms with Crippen molar-refractivity contribution in [1.82, 2.24) is 0 Å². The number of hydrogen-bond donors (Lipinski definition) is 4. The molecule has 266 valence electrons.